The second kappa shape index (κ2) is 4.39. The van der Waals surface area contributed by atoms with Gasteiger partial charge >= 0.3 is 0 Å². The molecule has 1 rings (SSSR count). The van der Waals surface area contributed by atoms with E-state index in [0.29, 0.717) is 11.4 Å². The largest absolute Gasteiger partial charge is 0.315 e. The van der Waals surface area contributed by atoms with Crippen LogP contribution in [0.15, 0.2) is 11.0 Å². The van der Waals surface area contributed by atoms with E-state index in [-0.39, 0.29) is 0 Å². The summed E-state index contributed by atoms with van der Waals surface area (Å²) in [6.45, 7) is 2.51. The van der Waals surface area contributed by atoms with Crippen molar-refractivity contribution in [2.75, 3.05) is 14.1 Å². The molecule has 1 aromatic rings. The van der Waals surface area contributed by atoms with Crippen LogP contribution in [-0.4, -0.2) is 22.5 Å². The molecule has 2 N–H and O–H groups in total. The smallest absolute Gasteiger partial charge is 0.241 e. The van der Waals surface area contributed by atoms with E-state index in [2.05, 4.69) is 10.0 Å². The van der Waals surface area contributed by atoms with Crippen molar-refractivity contribution in [2.24, 2.45) is 0 Å². The average Bonchev–Trinajstić information content (AvgIpc) is 2.48. The summed E-state index contributed by atoms with van der Waals surface area (Å²) in [5, 5.41) is 2.99. The third-order valence-electron chi connectivity index (χ3n) is 1.83. The molecule has 0 atom stereocenters. The lowest BCUT2D eigenvalue weighted by Gasteiger charge is -1.99. The molecule has 0 spiro atoms. The first kappa shape index (κ1) is 11.6. The quantitative estimate of drug-likeness (QED) is 0.805. The van der Waals surface area contributed by atoms with Crippen LogP contribution in [0, 0.1) is 6.92 Å². The number of rotatable bonds is 4. The van der Waals surface area contributed by atoms with E-state index in [1.54, 1.807) is 6.07 Å². The molecular formula is C8H14N2O2S2. The third kappa shape index (κ3) is 2.33. The molecule has 0 saturated carbocycles. The predicted octanol–water partition coefficient (Wildman–Crippen LogP) is 0.684. The fraction of sp³-hybridized carbons (Fsp3) is 0.500. The van der Waals surface area contributed by atoms with E-state index >= 15 is 0 Å². The summed E-state index contributed by atoms with van der Waals surface area (Å²) < 4.78 is 25.3. The summed E-state index contributed by atoms with van der Waals surface area (Å²) in [4.78, 5) is 2.23. The van der Waals surface area contributed by atoms with E-state index in [9.17, 15) is 8.42 Å². The van der Waals surface area contributed by atoms with Crippen LogP contribution in [0.5, 0.6) is 0 Å². The predicted molar refractivity (Wildman–Crippen MR) is 58.1 cm³/mol. The van der Waals surface area contributed by atoms with Gasteiger partial charge < -0.3 is 5.32 Å². The molecule has 0 aliphatic carbocycles. The van der Waals surface area contributed by atoms with E-state index in [1.807, 2.05) is 14.0 Å². The molecule has 0 aliphatic heterocycles. The Hall–Kier alpha value is -0.430. The summed E-state index contributed by atoms with van der Waals surface area (Å²) in [6, 6.07) is 1.71. The Balaban J connectivity index is 3.11. The molecule has 14 heavy (non-hydrogen) atoms. The molecule has 6 heteroatoms. The van der Waals surface area contributed by atoms with Gasteiger partial charge in [-0.15, -0.1) is 11.3 Å². The molecule has 0 radical (unpaired) electrons. The van der Waals surface area contributed by atoms with Crippen molar-refractivity contribution in [2.45, 2.75) is 18.4 Å². The second-order valence-corrected chi connectivity index (χ2v) is 6.07. The molecule has 0 bridgehead atoms. The van der Waals surface area contributed by atoms with Gasteiger partial charge in [0.15, 0.2) is 0 Å². The van der Waals surface area contributed by atoms with Gasteiger partial charge in [0.1, 0.15) is 0 Å². The van der Waals surface area contributed by atoms with Gasteiger partial charge in [0.2, 0.25) is 10.0 Å². The molecule has 80 valence electrons. The second-order valence-electron chi connectivity index (χ2n) is 2.87. The van der Waals surface area contributed by atoms with Crippen LogP contribution in [0.1, 0.15) is 9.75 Å². The van der Waals surface area contributed by atoms with Crippen molar-refractivity contribution in [3.63, 3.8) is 0 Å². The van der Waals surface area contributed by atoms with Crippen molar-refractivity contribution in [3.8, 4) is 0 Å². The van der Waals surface area contributed by atoms with Crippen molar-refractivity contribution >= 4 is 21.4 Å². The number of aryl methyl sites for hydroxylation is 1. The van der Waals surface area contributed by atoms with Gasteiger partial charge in [0.25, 0.3) is 0 Å². The molecule has 0 aromatic carbocycles. The minimum absolute atomic E-state index is 0.384. The molecule has 0 amide bonds. The molecule has 0 saturated heterocycles. The normalized spacial score (nSPS) is 11.9. The van der Waals surface area contributed by atoms with Gasteiger partial charge in [-0.3, -0.25) is 0 Å². The van der Waals surface area contributed by atoms with Crippen LogP contribution in [0.4, 0.5) is 0 Å². The molecular weight excluding hydrogens is 220 g/mol. The van der Waals surface area contributed by atoms with Gasteiger partial charge in [-0.1, -0.05) is 0 Å². The van der Waals surface area contributed by atoms with Gasteiger partial charge in [-0.2, -0.15) is 0 Å². The molecule has 4 nitrogen and oxygen atoms in total. The summed E-state index contributed by atoms with van der Waals surface area (Å²) in [7, 11) is -0.0383. The maximum absolute atomic E-state index is 11.5. The van der Waals surface area contributed by atoms with Gasteiger partial charge in [-0.05, 0) is 27.1 Å². The Morgan fingerprint density at radius 1 is 1.43 bits per heavy atom. The highest BCUT2D eigenvalue weighted by Crippen LogP contribution is 2.25. The average molecular weight is 234 g/mol. The molecule has 0 unspecified atom stereocenters. The molecule has 0 fully saturated rings. The Kier molecular flexibility index (Phi) is 3.65. The van der Waals surface area contributed by atoms with Crippen LogP contribution in [0.25, 0.3) is 0 Å². The zero-order valence-corrected chi connectivity index (χ0v) is 10.1. The van der Waals surface area contributed by atoms with Crippen LogP contribution >= 0.6 is 11.3 Å². The zero-order valence-electron chi connectivity index (χ0n) is 8.42. The Morgan fingerprint density at radius 3 is 2.57 bits per heavy atom. The van der Waals surface area contributed by atoms with Crippen molar-refractivity contribution in [1.29, 1.82) is 0 Å². The fourth-order valence-electron chi connectivity index (χ4n) is 1.16. The van der Waals surface area contributed by atoms with E-state index < -0.39 is 10.0 Å². The van der Waals surface area contributed by atoms with E-state index in [1.165, 1.54) is 18.4 Å². The summed E-state index contributed by atoms with van der Waals surface area (Å²) >= 11 is 1.50. The van der Waals surface area contributed by atoms with Gasteiger partial charge in [0.05, 0.1) is 4.90 Å². The van der Waals surface area contributed by atoms with Crippen LogP contribution in [-0.2, 0) is 16.6 Å². The molecule has 1 aromatic heterocycles. The minimum atomic E-state index is -3.29. The lowest BCUT2D eigenvalue weighted by Crippen LogP contribution is -2.18. The van der Waals surface area contributed by atoms with Crippen LogP contribution in [0.3, 0.4) is 0 Å². The zero-order chi connectivity index (χ0) is 10.8. The lowest BCUT2D eigenvalue weighted by molar-refractivity contribution is 0.588. The van der Waals surface area contributed by atoms with Crippen molar-refractivity contribution in [3.05, 3.63) is 15.8 Å². The Bertz CT molecular complexity index is 409. The lowest BCUT2D eigenvalue weighted by atomic mass is 10.4. The van der Waals surface area contributed by atoms with Gasteiger partial charge in [-0.25, -0.2) is 13.1 Å². The summed E-state index contributed by atoms with van der Waals surface area (Å²) in [5.74, 6) is 0. The summed E-state index contributed by atoms with van der Waals surface area (Å²) in [5.41, 5.74) is 0. The molecule has 1 heterocycles. The highest BCUT2D eigenvalue weighted by molar-refractivity contribution is 7.89. The molecule has 0 aliphatic rings. The fourth-order valence-corrected chi connectivity index (χ4v) is 3.53. The number of thiophene rings is 1. The third-order valence-corrected chi connectivity index (χ3v) is 4.55. The minimum Gasteiger partial charge on any atom is -0.315 e. The number of nitrogens with one attached hydrogen (secondary N) is 2. The maximum Gasteiger partial charge on any atom is 0.241 e. The summed E-state index contributed by atoms with van der Waals surface area (Å²) in [6.07, 6.45) is 0. The SMILES string of the molecule is CNCc1cc(S(=O)(=O)NC)c(C)s1. The highest BCUT2D eigenvalue weighted by Gasteiger charge is 2.17. The maximum atomic E-state index is 11.5. The van der Waals surface area contributed by atoms with Crippen LogP contribution < -0.4 is 10.0 Å². The van der Waals surface area contributed by atoms with Crippen molar-refractivity contribution in [1.82, 2.24) is 10.0 Å². The topological polar surface area (TPSA) is 58.2 Å². The number of hydrogen-bond donors (Lipinski definition) is 2. The van der Waals surface area contributed by atoms with E-state index in [0.717, 1.165) is 9.75 Å². The van der Waals surface area contributed by atoms with E-state index in [4.69, 9.17) is 0 Å². The van der Waals surface area contributed by atoms with Crippen molar-refractivity contribution < 1.29 is 8.42 Å². The highest BCUT2D eigenvalue weighted by atomic mass is 32.2. The Labute approximate surface area is 88.4 Å². The number of hydrogen-bond acceptors (Lipinski definition) is 4. The first-order valence-electron chi connectivity index (χ1n) is 4.18. The monoisotopic (exact) mass is 234 g/mol. The van der Waals surface area contributed by atoms with Crippen LogP contribution in [0.2, 0.25) is 0 Å². The first-order chi connectivity index (χ1) is 6.51. The first-order valence-corrected chi connectivity index (χ1v) is 6.48. The Morgan fingerprint density at radius 2 is 2.07 bits per heavy atom. The van der Waals surface area contributed by atoms with Gasteiger partial charge in [0, 0.05) is 16.3 Å². The number of sulfonamides is 1. The standard InChI is InChI=1S/C8H14N2O2S2/c1-6-8(14(11,12)10-3)4-7(13-6)5-9-2/h4,9-10H,5H2,1-3H3.